The summed E-state index contributed by atoms with van der Waals surface area (Å²) in [6.45, 7) is 3.98. The van der Waals surface area contributed by atoms with E-state index in [-0.39, 0.29) is 35.7 Å². The van der Waals surface area contributed by atoms with Crippen LogP contribution in [0.4, 0.5) is 0 Å². The second-order valence-corrected chi connectivity index (χ2v) is 6.22. The summed E-state index contributed by atoms with van der Waals surface area (Å²) in [4.78, 5) is 25.7. The van der Waals surface area contributed by atoms with Crippen LogP contribution in [0, 0.1) is 11.8 Å². The molecule has 3 atom stereocenters. The van der Waals surface area contributed by atoms with E-state index in [0.29, 0.717) is 6.61 Å². The molecule has 0 spiro atoms. The number of phenols is 2. The topological polar surface area (TPSA) is 102 Å². The molecule has 0 aromatic heterocycles. The Bertz CT molecular complexity index is 711. The molecule has 7 heteroatoms. The number of Topliss-reactive ketones (excluding diaryl/α,β-unsaturated/α-hetero) is 2. The lowest BCUT2D eigenvalue weighted by Crippen LogP contribution is -2.51. The summed E-state index contributed by atoms with van der Waals surface area (Å²) in [6, 6.07) is 1.13. The van der Waals surface area contributed by atoms with E-state index in [4.69, 9.17) is 14.2 Å². The molecule has 1 heterocycles. The minimum Gasteiger partial charge on any atom is -0.507 e. The number of ether oxygens (including phenoxy) is 3. The Morgan fingerprint density at radius 3 is 2.54 bits per heavy atom. The van der Waals surface area contributed by atoms with Crippen molar-refractivity contribution in [1.82, 2.24) is 0 Å². The SMILES string of the molecule is CCO[C@@]1(C)C[C@H]2C(=O)c3c(O)c(OC)cc(O)c3C(=O)[C@@H]2CO1. The number of methoxy groups -OCH3 is 1. The summed E-state index contributed by atoms with van der Waals surface area (Å²) < 4.78 is 16.2. The van der Waals surface area contributed by atoms with Crippen molar-refractivity contribution in [2.24, 2.45) is 11.8 Å². The Hall–Kier alpha value is -2.12. The molecule has 0 amide bonds. The number of aromatic hydroxyl groups is 2. The summed E-state index contributed by atoms with van der Waals surface area (Å²) in [5.74, 6) is -4.00. The van der Waals surface area contributed by atoms with Crippen LogP contribution < -0.4 is 4.74 Å². The molecule has 1 saturated heterocycles. The van der Waals surface area contributed by atoms with Crippen LogP contribution in [0.1, 0.15) is 41.0 Å². The molecule has 1 aliphatic heterocycles. The summed E-state index contributed by atoms with van der Waals surface area (Å²) in [5, 5.41) is 20.4. The highest BCUT2D eigenvalue weighted by molar-refractivity contribution is 6.19. The highest BCUT2D eigenvalue weighted by Gasteiger charge is 2.51. The van der Waals surface area contributed by atoms with Gasteiger partial charge in [0.2, 0.25) is 0 Å². The number of ketones is 2. The third-order valence-electron chi connectivity index (χ3n) is 4.72. The highest BCUT2D eigenvalue weighted by Crippen LogP contribution is 2.48. The van der Waals surface area contributed by atoms with Crippen molar-refractivity contribution in [3.8, 4) is 17.2 Å². The molecule has 3 rings (SSSR count). The number of carbonyl (C=O) groups excluding carboxylic acids is 2. The second kappa shape index (κ2) is 5.75. The van der Waals surface area contributed by atoms with Crippen LogP contribution in [0.15, 0.2) is 6.07 Å². The van der Waals surface area contributed by atoms with Gasteiger partial charge in [0.15, 0.2) is 28.9 Å². The summed E-state index contributed by atoms with van der Waals surface area (Å²) in [5.41, 5.74) is -0.345. The largest absolute Gasteiger partial charge is 0.507 e. The smallest absolute Gasteiger partial charge is 0.173 e. The van der Waals surface area contributed by atoms with Gasteiger partial charge >= 0.3 is 0 Å². The zero-order chi connectivity index (χ0) is 17.6. The molecule has 2 N–H and O–H groups in total. The lowest BCUT2D eigenvalue weighted by molar-refractivity contribution is -0.255. The van der Waals surface area contributed by atoms with Crippen LogP contribution in [0.5, 0.6) is 17.2 Å². The van der Waals surface area contributed by atoms with E-state index in [1.165, 1.54) is 7.11 Å². The Labute approximate surface area is 139 Å². The predicted molar refractivity (Wildman–Crippen MR) is 82.6 cm³/mol. The molecule has 7 nitrogen and oxygen atoms in total. The van der Waals surface area contributed by atoms with Gasteiger partial charge in [0.1, 0.15) is 5.75 Å². The molecule has 0 radical (unpaired) electrons. The molecule has 130 valence electrons. The van der Waals surface area contributed by atoms with E-state index in [2.05, 4.69) is 0 Å². The van der Waals surface area contributed by atoms with Crippen molar-refractivity contribution in [3.63, 3.8) is 0 Å². The quantitative estimate of drug-likeness (QED) is 0.813. The number of phenolic OH excluding ortho intramolecular Hbond substituents is 2. The van der Waals surface area contributed by atoms with Crippen LogP contribution in [0.2, 0.25) is 0 Å². The zero-order valence-corrected chi connectivity index (χ0v) is 13.8. The number of hydrogen-bond acceptors (Lipinski definition) is 7. The first-order valence-electron chi connectivity index (χ1n) is 7.82. The van der Waals surface area contributed by atoms with Gasteiger partial charge in [-0.2, -0.15) is 0 Å². The Balaban J connectivity index is 2.10. The van der Waals surface area contributed by atoms with Crippen LogP contribution >= 0.6 is 0 Å². The minimum atomic E-state index is -0.958. The van der Waals surface area contributed by atoms with E-state index < -0.39 is 34.9 Å². The Morgan fingerprint density at radius 2 is 1.92 bits per heavy atom. The monoisotopic (exact) mass is 336 g/mol. The van der Waals surface area contributed by atoms with E-state index in [0.717, 1.165) is 6.07 Å². The van der Waals surface area contributed by atoms with Gasteiger partial charge < -0.3 is 24.4 Å². The van der Waals surface area contributed by atoms with Crippen molar-refractivity contribution in [2.75, 3.05) is 20.3 Å². The third-order valence-corrected chi connectivity index (χ3v) is 4.72. The van der Waals surface area contributed by atoms with Crippen molar-refractivity contribution in [3.05, 3.63) is 17.2 Å². The maximum absolute atomic E-state index is 12.9. The Morgan fingerprint density at radius 1 is 1.25 bits per heavy atom. The fourth-order valence-corrected chi connectivity index (χ4v) is 3.57. The molecule has 1 aromatic rings. The maximum atomic E-state index is 12.9. The molecular weight excluding hydrogens is 316 g/mol. The zero-order valence-electron chi connectivity index (χ0n) is 13.8. The second-order valence-electron chi connectivity index (χ2n) is 6.22. The van der Waals surface area contributed by atoms with Gasteiger partial charge in [-0.3, -0.25) is 9.59 Å². The van der Waals surface area contributed by atoms with Gasteiger partial charge in [0.05, 0.1) is 30.8 Å². The number of rotatable bonds is 3. The van der Waals surface area contributed by atoms with E-state index in [1.54, 1.807) is 6.92 Å². The van der Waals surface area contributed by atoms with Crippen LogP contribution in [0.25, 0.3) is 0 Å². The lowest BCUT2D eigenvalue weighted by Gasteiger charge is -2.43. The first-order valence-corrected chi connectivity index (χ1v) is 7.82. The number of fused-ring (bicyclic) bond motifs is 2. The molecular formula is C17H20O7. The normalized spacial score (nSPS) is 29.1. The van der Waals surface area contributed by atoms with Gasteiger partial charge in [0.25, 0.3) is 0 Å². The molecule has 1 fully saturated rings. The highest BCUT2D eigenvalue weighted by atomic mass is 16.7. The number of hydrogen-bond donors (Lipinski definition) is 2. The van der Waals surface area contributed by atoms with Gasteiger partial charge in [-0.05, 0) is 13.8 Å². The standard InChI is InChI=1S/C17H20O7/c1-4-23-17(2)6-8-9(7-24-17)15(20)12-10(18)5-11(22-3)16(21)13(12)14(8)19/h5,8-9,18,21H,4,6-7H2,1-3H3/t8-,9-,17-/m1/s1. The number of benzene rings is 1. The van der Waals surface area contributed by atoms with Crippen LogP contribution in [-0.2, 0) is 9.47 Å². The van der Waals surface area contributed by atoms with Gasteiger partial charge in [0, 0.05) is 25.0 Å². The molecule has 0 bridgehead atoms. The molecule has 24 heavy (non-hydrogen) atoms. The van der Waals surface area contributed by atoms with Crippen LogP contribution in [0.3, 0.4) is 0 Å². The third kappa shape index (κ3) is 2.35. The molecule has 2 aliphatic rings. The summed E-state index contributed by atoms with van der Waals surface area (Å²) in [6.07, 6.45) is 0.201. The van der Waals surface area contributed by atoms with Crippen molar-refractivity contribution in [1.29, 1.82) is 0 Å². The van der Waals surface area contributed by atoms with Crippen molar-refractivity contribution >= 4 is 11.6 Å². The van der Waals surface area contributed by atoms with Gasteiger partial charge in [-0.25, -0.2) is 0 Å². The summed E-state index contributed by atoms with van der Waals surface area (Å²) >= 11 is 0. The molecule has 0 saturated carbocycles. The summed E-state index contributed by atoms with van der Waals surface area (Å²) in [7, 11) is 1.30. The van der Waals surface area contributed by atoms with Crippen molar-refractivity contribution in [2.45, 2.75) is 26.1 Å². The van der Waals surface area contributed by atoms with Gasteiger partial charge in [-0.15, -0.1) is 0 Å². The minimum absolute atomic E-state index is 0.0252. The lowest BCUT2D eigenvalue weighted by atomic mass is 9.70. The first kappa shape index (κ1) is 16.7. The fraction of sp³-hybridized carbons (Fsp3) is 0.529. The van der Waals surface area contributed by atoms with E-state index >= 15 is 0 Å². The predicted octanol–water partition coefficient (Wildman–Crippen LogP) is 1.89. The van der Waals surface area contributed by atoms with Crippen LogP contribution in [-0.4, -0.2) is 47.9 Å². The average molecular weight is 336 g/mol. The van der Waals surface area contributed by atoms with Gasteiger partial charge in [-0.1, -0.05) is 0 Å². The van der Waals surface area contributed by atoms with E-state index in [9.17, 15) is 19.8 Å². The maximum Gasteiger partial charge on any atom is 0.173 e. The molecule has 1 aliphatic carbocycles. The Kier molecular flexibility index (Phi) is 4.01. The molecule has 1 aromatic carbocycles. The average Bonchev–Trinajstić information content (AvgIpc) is 2.54. The fourth-order valence-electron chi connectivity index (χ4n) is 3.57. The van der Waals surface area contributed by atoms with Crippen molar-refractivity contribution < 1.29 is 34.0 Å². The molecule has 0 unspecified atom stereocenters. The first-order chi connectivity index (χ1) is 11.3. The number of carbonyl (C=O) groups is 2. The van der Waals surface area contributed by atoms with E-state index in [1.807, 2.05) is 6.92 Å².